The molecule has 0 amide bonds. The van der Waals surface area contributed by atoms with Crippen LogP contribution in [0.3, 0.4) is 0 Å². The minimum absolute atomic E-state index is 0.0258. The van der Waals surface area contributed by atoms with Crippen LogP contribution in [0.5, 0.6) is 5.88 Å². The first-order valence-corrected chi connectivity index (χ1v) is 6.64. The van der Waals surface area contributed by atoms with E-state index in [9.17, 15) is 9.90 Å². The Balaban J connectivity index is 1.94. The van der Waals surface area contributed by atoms with E-state index in [-0.39, 0.29) is 18.1 Å². The van der Waals surface area contributed by atoms with Gasteiger partial charge in [0.15, 0.2) is 0 Å². The first-order valence-electron chi connectivity index (χ1n) is 6.64. The molecule has 0 aliphatic rings. The van der Waals surface area contributed by atoms with Crippen molar-refractivity contribution >= 4 is 5.97 Å². The van der Waals surface area contributed by atoms with Gasteiger partial charge in [0.1, 0.15) is 12.2 Å². The van der Waals surface area contributed by atoms with E-state index < -0.39 is 5.97 Å². The highest BCUT2D eigenvalue weighted by atomic mass is 16.5. The first-order chi connectivity index (χ1) is 10.8. The molecule has 0 saturated heterocycles. The minimum Gasteiger partial charge on any atom is -0.477 e. The number of hydrogen-bond acceptors (Lipinski definition) is 4. The summed E-state index contributed by atoms with van der Waals surface area (Å²) in [4.78, 5) is 15.3. The number of carbonyl (C=O) groups is 1. The summed E-state index contributed by atoms with van der Waals surface area (Å²) < 4.78 is 7.18. The lowest BCUT2D eigenvalue weighted by molar-refractivity contribution is 0.0691. The van der Waals surface area contributed by atoms with Crippen molar-refractivity contribution in [1.29, 1.82) is 0 Å². The zero-order valence-corrected chi connectivity index (χ0v) is 11.6. The average molecular weight is 295 g/mol. The SMILES string of the molecule is O=C(O)c1cnn(-c2ccccc2)c1OCc1ccncc1. The van der Waals surface area contributed by atoms with E-state index in [2.05, 4.69) is 10.1 Å². The van der Waals surface area contributed by atoms with E-state index in [0.717, 1.165) is 11.3 Å². The van der Waals surface area contributed by atoms with E-state index in [0.29, 0.717) is 0 Å². The summed E-state index contributed by atoms with van der Waals surface area (Å²) >= 11 is 0. The van der Waals surface area contributed by atoms with Gasteiger partial charge in [0.2, 0.25) is 5.88 Å². The van der Waals surface area contributed by atoms with E-state index in [1.807, 2.05) is 42.5 Å². The van der Waals surface area contributed by atoms with Gasteiger partial charge in [-0.3, -0.25) is 4.98 Å². The smallest absolute Gasteiger partial charge is 0.342 e. The number of rotatable bonds is 5. The number of hydrogen-bond donors (Lipinski definition) is 1. The van der Waals surface area contributed by atoms with Crippen LogP contribution in [0.2, 0.25) is 0 Å². The molecule has 0 spiro atoms. The van der Waals surface area contributed by atoms with Crippen LogP contribution >= 0.6 is 0 Å². The molecular formula is C16H13N3O3. The van der Waals surface area contributed by atoms with Gasteiger partial charge in [-0.25, -0.2) is 9.48 Å². The molecule has 1 aromatic carbocycles. The first kappa shape index (κ1) is 13.8. The molecule has 3 aromatic rings. The summed E-state index contributed by atoms with van der Waals surface area (Å²) in [7, 11) is 0. The molecule has 0 atom stereocenters. The fourth-order valence-corrected chi connectivity index (χ4v) is 2.01. The minimum atomic E-state index is -1.08. The standard InChI is InChI=1S/C16H13N3O3/c20-16(21)14-10-18-19(13-4-2-1-3-5-13)15(14)22-11-12-6-8-17-9-7-12/h1-10H,11H2,(H,20,21). The third kappa shape index (κ3) is 2.80. The molecule has 6 heteroatoms. The zero-order chi connectivity index (χ0) is 15.4. The molecule has 0 aliphatic heterocycles. The number of carboxylic acids is 1. The number of ether oxygens (including phenoxy) is 1. The van der Waals surface area contributed by atoms with Crippen LogP contribution in [0, 0.1) is 0 Å². The van der Waals surface area contributed by atoms with Crippen molar-refractivity contribution in [3.8, 4) is 11.6 Å². The molecule has 0 unspecified atom stereocenters. The topological polar surface area (TPSA) is 77.2 Å². The van der Waals surface area contributed by atoms with Crippen molar-refractivity contribution < 1.29 is 14.6 Å². The Bertz CT molecular complexity index is 770. The number of pyridine rings is 1. The van der Waals surface area contributed by atoms with Gasteiger partial charge in [0.25, 0.3) is 0 Å². The highest BCUT2D eigenvalue weighted by Gasteiger charge is 2.19. The summed E-state index contributed by atoms with van der Waals surface area (Å²) in [5.74, 6) is -0.873. The molecule has 3 rings (SSSR count). The Kier molecular flexibility index (Phi) is 3.82. The largest absolute Gasteiger partial charge is 0.477 e. The van der Waals surface area contributed by atoms with Gasteiger partial charge in [-0.1, -0.05) is 18.2 Å². The van der Waals surface area contributed by atoms with E-state index in [1.54, 1.807) is 12.4 Å². The maximum atomic E-state index is 11.3. The van der Waals surface area contributed by atoms with Crippen molar-refractivity contribution in [2.45, 2.75) is 6.61 Å². The van der Waals surface area contributed by atoms with Crippen molar-refractivity contribution in [2.75, 3.05) is 0 Å². The van der Waals surface area contributed by atoms with Gasteiger partial charge in [-0.05, 0) is 29.8 Å². The second-order valence-corrected chi connectivity index (χ2v) is 4.56. The fourth-order valence-electron chi connectivity index (χ4n) is 2.01. The van der Waals surface area contributed by atoms with Crippen LogP contribution in [0.15, 0.2) is 61.1 Å². The number of aromatic carboxylic acids is 1. The zero-order valence-electron chi connectivity index (χ0n) is 11.6. The Labute approximate surface area is 126 Å². The van der Waals surface area contributed by atoms with Crippen molar-refractivity contribution in [3.63, 3.8) is 0 Å². The number of para-hydroxylation sites is 1. The van der Waals surface area contributed by atoms with Crippen LogP contribution in [-0.4, -0.2) is 25.8 Å². The van der Waals surface area contributed by atoms with Crippen LogP contribution in [0.1, 0.15) is 15.9 Å². The quantitative estimate of drug-likeness (QED) is 0.782. The predicted molar refractivity (Wildman–Crippen MR) is 79.1 cm³/mol. The van der Waals surface area contributed by atoms with Crippen LogP contribution in [0.4, 0.5) is 0 Å². The number of carboxylic acid groups (broad SMARTS) is 1. The normalized spacial score (nSPS) is 10.4. The Hall–Kier alpha value is -3.15. The highest BCUT2D eigenvalue weighted by Crippen LogP contribution is 2.23. The summed E-state index contributed by atoms with van der Waals surface area (Å²) in [6.07, 6.45) is 4.60. The highest BCUT2D eigenvalue weighted by molar-refractivity contribution is 5.90. The summed E-state index contributed by atoms with van der Waals surface area (Å²) in [5.41, 5.74) is 1.66. The Morgan fingerprint density at radius 2 is 1.86 bits per heavy atom. The van der Waals surface area contributed by atoms with Gasteiger partial charge in [-0.2, -0.15) is 5.10 Å². The van der Waals surface area contributed by atoms with Crippen molar-refractivity contribution in [3.05, 3.63) is 72.2 Å². The molecule has 2 heterocycles. The van der Waals surface area contributed by atoms with Crippen molar-refractivity contribution in [1.82, 2.24) is 14.8 Å². The molecule has 0 radical (unpaired) electrons. The van der Waals surface area contributed by atoms with Gasteiger partial charge >= 0.3 is 5.97 Å². The number of benzene rings is 1. The molecule has 22 heavy (non-hydrogen) atoms. The molecule has 6 nitrogen and oxygen atoms in total. The molecule has 2 aromatic heterocycles. The van der Waals surface area contributed by atoms with E-state index in [1.165, 1.54) is 10.9 Å². The molecule has 1 N–H and O–H groups in total. The molecule has 110 valence electrons. The number of nitrogens with zero attached hydrogens (tertiary/aromatic N) is 3. The van der Waals surface area contributed by atoms with Crippen LogP contribution in [-0.2, 0) is 6.61 Å². The van der Waals surface area contributed by atoms with Gasteiger partial charge in [0, 0.05) is 12.4 Å². The lowest BCUT2D eigenvalue weighted by atomic mass is 10.3. The van der Waals surface area contributed by atoms with Crippen LogP contribution < -0.4 is 4.74 Å². The van der Waals surface area contributed by atoms with Gasteiger partial charge in [0.05, 0.1) is 11.9 Å². The lowest BCUT2D eigenvalue weighted by Crippen LogP contribution is -2.06. The molecule has 0 fully saturated rings. The second kappa shape index (κ2) is 6.09. The fraction of sp³-hybridized carbons (Fsp3) is 0.0625. The maximum Gasteiger partial charge on any atom is 0.342 e. The molecule has 0 bridgehead atoms. The average Bonchev–Trinajstić information content (AvgIpc) is 2.99. The van der Waals surface area contributed by atoms with Gasteiger partial charge in [-0.15, -0.1) is 0 Å². The summed E-state index contributed by atoms with van der Waals surface area (Å²) in [6.45, 7) is 0.237. The molecular weight excluding hydrogens is 282 g/mol. The monoisotopic (exact) mass is 295 g/mol. The summed E-state index contributed by atoms with van der Waals surface area (Å²) in [5, 5.41) is 13.4. The number of aromatic nitrogens is 3. The van der Waals surface area contributed by atoms with Crippen LogP contribution in [0.25, 0.3) is 5.69 Å². The van der Waals surface area contributed by atoms with Crippen molar-refractivity contribution in [2.24, 2.45) is 0 Å². The third-order valence-corrected chi connectivity index (χ3v) is 3.08. The third-order valence-electron chi connectivity index (χ3n) is 3.08. The predicted octanol–water partition coefficient (Wildman–Crippen LogP) is 2.54. The van der Waals surface area contributed by atoms with E-state index >= 15 is 0 Å². The molecule has 0 aliphatic carbocycles. The Morgan fingerprint density at radius 3 is 2.55 bits per heavy atom. The molecule has 0 saturated carbocycles. The van der Waals surface area contributed by atoms with Gasteiger partial charge < -0.3 is 9.84 Å². The maximum absolute atomic E-state index is 11.3. The van der Waals surface area contributed by atoms with E-state index in [4.69, 9.17) is 4.74 Å². The lowest BCUT2D eigenvalue weighted by Gasteiger charge is -2.10. The summed E-state index contributed by atoms with van der Waals surface area (Å²) in [6, 6.07) is 12.9. The Morgan fingerprint density at radius 1 is 1.14 bits per heavy atom. The second-order valence-electron chi connectivity index (χ2n) is 4.56.